The number of methoxy groups -OCH3 is 1. The van der Waals surface area contributed by atoms with Crippen LogP contribution in [0.2, 0.25) is 0 Å². The van der Waals surface area contributed by atoms with Crippen molar-refractivity contribution in [3.63, 3.8) is 0 Å². The lowest BCUT2D eigenvalue weighted by Crippen LogP contribution is -2.45. The second-order valence-corrected chi connectivity index (χ2v) is 7.66. The maximum Gasteiger partial charge on any atom is 0.189 e. The van der Waals surface area contributed by atoms with Crippen molar-refractivity contribution in [3.05, 3.63) is 53.6 Å². The average Bonchev–Trinajstić information content (AvgIpc) is 3.12. The number of hydrogen-bond acceptors (Lipinski definition) is 5. The third-order valence-corrected chi connectivity index (χ3v) is 5.94. The molecule has 3 atom stereocenters. The van der Waals surface area contributed by atoms with Gasteiger partial charge in [-0.25, -0.2) is 4.39 Å². The Kier molecular flexibility index (Phi) is 6.22. The predicted octanol–water partition coefficient (Wildman–Crippen LogP) is 4.40. The molecule has 0 N–H and O–H groups in total. The van der Waals surface area contributed by atoms with Crippen molar-refractivity contribution in [1.29, 1.82) is 0 Å². The van der Waals surface area contributed by atoms with Gasteiger partial charge >= 0.3 is 0 Å². The quantitative estimate of drug-likeness (QED) is 0.476. The van der Waals surface area contributed by atoms with E-state index in [0.29, 0.717) is 42.6 Å². The first kappa shape index (κ1) is 21.2. The van der Waals surface area contributed by atoms with Crippen LogP contribution >= 0.6 is 0 Å². The number of rotatable bonds is 8. The molecule has 0 unspecified atom stereocenters. The van der Waals surface area contributed by atoms with E-state index in [1.165, 1.54) is 19.3 Å². The summed E-state index contributed by atoms with van der Waals surface area (Å²) in [4.78, 5) is 24.6. The van der Waals surface area contributed by atoms with Crippen LogP contribution in [-0.4, -0.2) is 31.1 Å². The van der Waals surface area contributed by atoms with Crippen molar-refractivity contribution in [3.8, 4) is 5.75 Å². The van der Waals surface area contributed by atoms with E-state index in [4.69, 9.17) is 14.2 Å². The number of ketones is 2. The van der Waals surface area contributed by atoms with Crippen LogP contribution in [0.15, 0.2) is 36.6 Å². The van der Waals surface area contributed by atoms with Crippen LogP contribution in [-0.2, 0) is 20.7 Å². The molecule has 29 heavy (non-hydrogen) atoms. The molecule has 1 aliphatic heterocycles. The molecule has 1 aromatic rings. The number of carbonyl (C=O) groups is 2. The molecule has 0 aromatic heterocycles. The van der Waals surface area contributed by atoms with Gasteiger partial charge in [-0.2, -0.15) is 0 Å². The smallest absolute Gasteiger partial charge is 0.189 e. The molecule has 2 aliphatic rings. The van der Waals surface area contributed by atoms with Crippen molar-refractivity contribution in [2.75, 3.05) is 13.9 Å². The second kappa shape index (κ2) is 8.49. The van der Waals surface area contributed by atoms with Crippen LogP contribution in [0.5, 0.6) is 5.75 Å². The molecule has 0 spiro atoms. The van der Waals surface area contributed by atoms with Crippen LogP contribution in [0.1, 0.15) is 49.0 Å². The number of ether oxygens (including phenoxy) is 3. The highest BCUT2D eigenvalue weighted by molar-refractivity contribution is 5.98. The van der Waals surface area contributed by atoms with Crippen molar-refractivity contribution >= 4 is 11.6 Å². The van der Waals surface area contributed by atoms with Gasteiger partial charge in [0, 0.05) is 24.5 Å². The summed E-state index contributed by atoms with van der Waals surface area (Å²) in [5.41, 5.74) is -0.00148. The lowest BCUT2D eigenvalue weighted by atomic mass is 9.71. The molecule has 1 aromatic carbocycles. The molecule has 0 radical (unpaired) electrons. The Labute approximate surface area is 170 Å². The molecule has 6 heteroatoms. The molecule has 5 nitrogen and oxygen atoms in total. The summed E-state index contributed by atoms with van der Waals surface area (Å²) in [6.07, 6.45) is 4.88. The van der Waals surface area contributed by atoms with Gasteiger partial charge in [-0.3, -0.25) is 9.59 Å². The Hall–Kier alpha value is -2.47. The van der Waals surface area contributed by atoms with Gasteiger partial charge in [0.1, 0.15) is 22.9 Å². The Morgan fingerprint density at radius 1 is 1.48 bits per heavy atom. The summed E-state index contributed by atoms with van der Waals surface area (Å²) in [6, 6.07) is 2.83. The first-order valence-corrected chi connectivity index (χ1v) is 9.89. The molecule has 1 heterocycles. The number of carbonyl (C=O) groups excluding carboxylic acids is 2. The van der Waals surface area contributed by atoms with Gasteiger partial charge in [0.15, 0.2) is 18.4 Å². The van der Waals surface area contributed by atoms with Crippen molar-refractivity contribution in [2.45, 2.75) is 45.1 Å². The van der Waals surface area contributed by atoms with E-state index in [1.54, 1.807) is 19.1 Å². The molecule has 0 amide bonds. The minimum absolute atomic E-state index is 0.000295. The van der Waals surface area contributed by atoms with Crippen molar-refractivity contribution in [2.24, 2.45) is 11.8 Å². The van der Waals surface area contributed by atoms with E-state index in [2.05, 4.69) is 6.58 Å². The van der Waals surface area contributed by atoms with Gasteiger partial charge in [0.05, 0.1) is 12.7 Å². The Morgan fingerprint density at radius 3 is 2.90 bits per heavy atom. The second-order valence-electron chi connectivity index (χ2n) is 7.66. The maximum absolute atomic E-state index is 14.8. The SMILES string of the molecule is C=CC[C@H]1C[C@]2([C@@H](C)Cc3cc(C(=O)CC)c(OC)cc3F)OCOC2=CC1=O. The van der Waals surface area contributed by atoms with Crippen LogP contribution in [0, 0.1) is 17.7 Å². The first-order chi connectivity index (χ1) is 13.9. The molecular weight excluding hydrogens is 375 g/mol. The lowest BCUT2D eigenvalue weighted by molar-refractivity contribution is -0.123. The van der Waals surface area contributed by atoms with E-state index in [-0.39, 0.29) is 35.9 Å². The van der Waals surface area contributed by atoms with Gasteiger partial charge in [-0.1, -0.05) is 19.9 Å². The van der Waals surface area contributed by atoms with Gasteiger partial charge in [-0.15, -0.1) is 6.58 Å². The standard InChI is InChI=1S/C23H27FO5/c1-5-7-15-12-23(22(11-20(15)26)28-13-29-23)14(3)8-16-9-17(19(25)6-2)21(27-4)10-18(16)24/h5,9-11,14-15H,1,6-8,12-13H2,2-4H3/t14-,15-,23+/m0/s1. The number of allylic oxidation sites excluding steroid dienone is 2. The highest BCUT2D eigenvalue weighted by atomic mass is 19.1. The monoisotopic (exact) mass is 402 g/mol. The fourth-order valence-electron chi connectivity index (χ4n) is 4.24. The van der Waals surface area contributed by atoms with Gasteiger partial charge in [0.25, 0.3) is 0 Å². The zero-order valence-corrected chi connectivity index (χ0v) is 17.1. The number of benzene rings is 1. The van der Waals surface area contributed by atoms with E-state index in [1.807, 2.05) is 6.92 Å². The van der Waals surface area contributed by atoms with E-state index in [0.717, 1.165) is 0 Å². The highest BCUT2D eigenvalue weighted by Crippen LogP contribution is 2.46. The highest BCUT2D eigenvalue weighted by Gasteiger charge is 2.51. The fraction of sp³-hybridized carbons (Fsp3) is 0.478. The molecule has 1 aliphatic carbocycles. The minimum atomic E-state index is -0.789. The lowest BCUT2D eigenvalue weighted by Gasteiger charge is -2.38. The summed E-state index contributed by atoms with van der Waals surface area (Å²) in [5.74, 6) is -0.212. The zero-order valence-electron chi connectivity index (χ0n) is 17.1. The number of fused-ring (bicyclic) bond motifs is 1. The Morgan fingerprint density at radius 2 is 2.24 bits per heavy atom. The van der Waals surface area contributed by atoms with Crippen molar-refractivity contribution in [1.82, 2.24) is 0 Å². The van der Waals surface area contributed by atoms with Crippen LogP contribution in [0.25, 0.3) is 0 Å². The number of hydrogen-bond donors (Lipinski definition) is 0. The van der Waals surface area contributed by atoms with Gasteiger partial charge < -0.3 is 14.2 Å². The first-order valence-electron chi connectivity index (χ1n) is 9.89. The molecule has 1 saturated heterocycles. The topological polar surface area (TPSA) is 61.8 Å². The van der Waals surface area contributed by atoms with E-state index < -0.39 is 11.4 Å². The maximum atomic E-state index is 14.8. The summed E-state index contributed by atoms with van der Waals surface area (Å²) in [7, 11) is 1.42. The third-order valence-electron chi connectivity index (χ3n) is 5.94. The van der Waals surface area contributed by atoms with Crippen LogP contribution in [0.3, 0.4) is 0 Å². The predicted molar refractivity (Wildman–Crippen MR) is 106 cm³/mol. The number of Topliss-reactive ketones (excluding diaryl/α,β-unsaturated/α-hetero) is 1. The normalized spacial score (nSPS) is 24.3. The van der Waals surface area contributed by atoms with Crippen LogP contribution < -0.4 is 4.74 Å². The summed E-state index contributed by atoms with van der Waals surface area (Å²) < 4.78 is 31.5. The molecule has 3 rings (SSSR count). The Bertz CT molecular complexity index is 859. The fourth-order valence-corrected chi connectivity index (χ4v) is 4.24. The van der Waals surface area contributed by atoms with Gasteiger partial charge in [0.2, 0.25) is 0 Å². The summed E-state index contributed by atoms with van der Waals surface area (Å²) in [6.45, 7) is 7.51. The average molecular weight is 402 g/mol. The minimum Gasteiger partial charge on any atom is -0.496 e. The molecule has 156 valence electrons. The molecule has 0 saturated carbocycles. The molecule has 1 fully saturated rings. The van der Waals surface area contributed by atoms with Gasteiger partial charge in [-0.05, 0) is 36.8 Å². The van der Waals surface area contributed by atoms with E-state index >= 15 is 0 Å². The zero-order chi connectivity index (χ0) is 21.2. The molecule has 0 bridgehead atoms. The summed E-state index contributed by atoms with van der Waals surface area (Å²) in [5, 5.41) is 0. The third kappa shape index (κ3) is 3.86. The number of halogens is 1. The summed E-state index contributed by atoms with van der Waals surface area (Å²) >= 11 is 0. The molecular formula is C23H27FO5. The van der Waals surface area contributed by atoms with E-state index in [9.17, 15) is 14.0 Å². The van der Waals surface area contributed by atoms with Crippen molar-refractivity contribution < 1.29 is 28.2 Å². The largest absolute Gasteiger partial charge is 0.496 e. The Balaban J connectivity index is 1.94. The van der Waals surface area contributed by atoms with Crippen LogP contribution in [0.4, 0.5) is 4.39 Å².